The molecule has 2 aromatic rings. The fourth-order valence-electron chi connectivity index (χ4n) is 9.77. The van der Waals surface area contributed by atoms with Gasteiger partial charge < -0.3 is 14.6 Å². The molecule has 0 unspecified atom stereocenters. The van der Waals surface area contributed by atoms with Gasteiger partial charge in [-0.25, -0.2) is 0 Å². The van der Waals surface area contributed by atoms with Gasteiger partial charge in [0.15, 0.2) is 0 Å². The van der Waals surface area contributed by atoms with Gasteiger partial charge in [-0.2, -0.15) is 0 Å². The van der Waals surface area contributed by atoms with Crippen molar-refractivity contribution in [3.05, 3.63) is 58.1 Å². The number of phenolic OH excluding ortho intramolecular Hbond substituents is 1. The van der Waals surface area contributed by atoms with E-state index in [2.05, 4.69) is 42.2 Å². The fraction of sp³-hybridized carbons (Fsp3) is 0.647. The maximum atomic E-state index is 10.4. The second-order valence-electron chi connectivity index (χ2n) is 13.3. The SMILES string of the molecule is C[C@]12C[C@H](c3ccc(OCCN4CCCCC4)cc3)[C@@H]3c4ccc(O)c(Cl)c4CC[C@H]3[C@@H]1CC[C@@]21CCCO1. The number of piperidine rings is 1. The summed E-state index contributed by atoms with van der Waals surface area (Å²) >= 11 is 6.71. The Kier molecular flexibility index (Phi) is 6.89. The molecule has 5 aliphatic rings. The number of ether oxygens (including phenoxy) is 2. The van der Waals surface area contributed by atoms with Gasteiger partial charge in [-0.05, 0) is 129 Å². The van der Waals surface area contributed by atoms with Crippen LogP contribution in [0, 0.1) is 17.3 Å². The second-order valence-corrected chi connectivity index (χ2v) is 13.7. The molecule has 0 aromatic heterocycles. The smallest absolute Gasteiger partial charge is 0.134 e. The van der Waals surface area contributed by atoms with Crippen LogP contribution >= 0.6 is 11.6 Å². The van der Waals surface area contributed by atoms with Crippen LogP contribution in [0.5, 0.6) is 11.5 Å². The number of aromatic hydroxyl groups is 1. The average molecular weight is 550 g/mol. The van der Waals surface area contributed by atoms with Gasteiger partial charge in [0.1, 0.15) is 18.1 Å². The van der Waals surface area contributed by atoms with E-state index in [1.54, 1.807) is 0 Å². The number of fused-ring (bicyclic) bond motifs is 6. The molecule has 1 N–H and O–H groups in total. The third-order valence-electron chi connectivity index (χ3n) is 11.7. The molecule has 0 amide bonds. The Bertz CT molecular complexity index is 1190. The van der Waals surface area contributed by atoms with E-state index in [0.717, 1.165) is 44.8 Å². The van der Waals surface area contributed by atoms with Gasteiger partial charge in [-0.15, -0.1) is 0 Å². The van der Waals surface area contributed by atoms with Crippen LogP contribution in [0.1, 0.15) is 93.2 Å². The predicted octanol–water partition coefficient (Wildman–Crippen LogP) is 7.71. The highest BCUT2D eigenvalue weighted by Crippen LogP contribution is 2.70. The summed E-state index contributed by atoms with van der Waals surface area (Å²) in [5.41, 5.74) is 4.19. The Labute approximate surface area is 239 Å². The van der Waals surface area contributed by atoms with E-state index in [1.807, 2.05) is 6.07 Å². The first-order chi connectivity index (χ1) is 19.0. The van der Waals surface area contributed by atoms with E-state index >= 15 is 0 Å². The first-order valence-electron chi connectivity index (χ1n) is 15.6. The summed E-state index contributed by atoms with van der Waals surface area (Å²) in [6.45, 7) is 7.67. The maximum Gasteiger partial charge on any atom is 0.134 e. The highest BCUT2D eigenvalue weighted by atomic mass is 35.5. The number of halogens is 1. The number of hydrogen-bond donors (Lipinski definition) is 1. The van der Waals surface area contributed by atoms with Crippen molar-refractivity contribution in [2.45, 2.75) is 88.6 Å². The molecule has 7 rings (SSSR count). The van der Waals surface area contributed by atoms with Gasteiger partial charge in [0.05, 0.1) is 10.6 Å². The molecule has 210 valence electrons. The first-order valence-corrected chi connectivity index (χ1v) is 16.0. The molecule has 0 radical (unpaired) electrons. The lowest BCUT2D eigenvalue weighted by atomic mass is 9.49. The van der Waals surface area contributed by atoms with Gasteiger partial charge in [0.25, 0.3) is 0 Å². The first kappa shape index (κ1) is 26.2. The largest absolute Gasteiger partial charge is 0.506 e. The summed E-state index contributed by atoms with van der Waals surface area (Å²) in [6.07, 6.45) is 12.1. The predicted molar refractivity (Wildman–Crippen MR) is 156 cm³/mol. The number of nitrogens with zero attached hydrogens (tertiary/aromatic N) is 1. The lowest BCUT2D eigenvalue weighted by molar-refractivity contribution is -0.119. The zero-order valence-electron chi connectivity index (χ0n) is 23.5. The monoisotopic (exact) mass is 549 g/mol. The summed E-state index contributed by atoms with van der Waals surface area (Å²) in [4.78, 5) is 2.53. The molecule has 2 heterocycles. The molecule has 5 heteroatoms. The molecule has 39 heavy (non-hydrogen) atoms. The van der Waals surface area contributed by atoms with Crippen LogP contribution in [0.3, 0.4) is 0 Å². The van der Waals surface area contributed by atoms with Crippen molar-refractivity contribution in [1.29, 1.82) is 0 Å². The number of hydrogen-bond acceptors (Lipinski definition) is 4. The summed E-state index contributed by atoms with van der Waals surface area (Å²) < 4.78 is 12.9. The van der Waals surface area contributed by atoms with Crippen LogP contribution in [-0.2, 0) is 11.2 Å². The van der Waals surface area contributed by atoms with E-state index in [4.69, 9.17) is 21.1 Å². The molecule has 2 saturated heterocycles. The maximum absolute atomic E-state index is 10.4. The van der Waals surface area contributed by atoms with E-state index in [-0.39, 0.29) is 16.8 Å². The molecular formula is C34H44ClNO3. The van der Waals surface area contributed by atoms with Crippen molar-refractivity contribution in [3.8, 4) is 11.5 Å². The van der Waals surface area contributed by atoms with Crippen molar-refractivity contribution < 1.29 is 14.6 Å². The Hall–Kier alpha value is -1.75. The molecule has 4 fully saturated rings. The molecule has 0 bridgehead atoms. The molecule has 3 aliphatic carbocycles. The molecule has 1 spiro atoms. The molecule has 2 aliphatic heterocycles. The van der Waals surface area contributed by atoms with E-state index < -0.39 is 0 Å². The normalized spacial score (nSPS) is 35.9. The van der Waals surface area contributed by atoms with Gasteiger partial charge in [0.2, 0.25) is 0 Å². The van der Waals surface area contributed by atoms with Gasteiger partial charge in [0, 0.05) is 18.6 Å². The Morgan fingerprint density at radius 3 is 2.62 bits per heavy atom. The Morgan fingerprint density at radius 1 is 1.03 bits per heavy atom. The quantitative estimate of drug-likeness (QED) is 0.414. The van der Waals surface area contributed by atoms with Crippen LogP contribution < -0.4 is 4.74 Å². The summed E-state index contributed by atoms with van der Waals surface area (Å²) in [5.74, 6) is 3.31. The number of benzene rings is 2. The highest BCUT2D eigenvalue weighted by Gasteiger charge is 2.65. The Morgan fingerprint density at radius 2 is 1.85 bits per heavy atom. The van der Waals surface area contributed by atoms with E-state index in [9.17, 15) is 5.11 Å². The van der Waals surface area contributed by atoms with Gasteiger partial charge >= 0.3 is 0 Å². The zero-order valence-corrected chi connectivity index (χ0v) is 24.2. The standard InChI is InChI=1S/C34H44ClNO3/c1-33-22-28(23-6-8-24(9-7-23)38-21-19-36-17-3-2-4-18-36)31-25-12-13-30(37)32(35)26(25)10-11-27(31)29(33)14-16-34(33)15-5-20-39-34/h6-9,12-13,27-29,31,37H,2-5,10-11,14-22H2,1H3/t27-,28+,29-,31+,33-,34-/m0/s1. The van der Waals surface area contributed by atoms with E-state index in [0.29, 0.717) is 28.7 Å². The minimum atomic E-state index is 0.0469. The summed E-state index contributed by atoms with van der Waals surface area (Å²) in [5, 5.41) is 11.0. The average Bonchev–Trinajstić information content (AvgIpc) is 3.56. The lowest BCUT2D eigenvalue weighted by Crippen LogP contribution is -2.52. The van der Waals surface area contributed by atoms with Gasteiger partial charge in [-0.1, -0.05) is 43.1 Å². The van der Waals surface area contributed by atoms with Crippen LogP contribution in [-0.4, -0.2) is 48.5 Å². The minimum absolute atomic E-state index is 0.0469. The topological polar surface area (TPSA) is 41.9 Å². The molecule has 2 saturated carbocycles. The van der Waals surface area contributed by atoms with Crippen molar-refractivity contribution in [2.24, 2.45) is 17.3 Å². The summed E-state index contributed by atoms with van der Waals surface area (Å²) in [7, 11) is 0. The van der Waals surface area contributed by atoms with Crippen LogP contribution in [0.4, 0.5) is 0 Å². The fourth-order valence-corrected chi connectivity index (χ4v) is 10.0. The van der Waals surface area contributed by atoms with Gasteiger partial charge in [-0.3, -0.25) is 4.90 Å². The second kappa shape index (κ2) is 10.3. The molecule has 6 atom stereocenters. The molecular weight excluding hydrogens is 506 g/mol. The third kappa shape index (κ3) is 4.32. The number of phenols is 1. The zero-order chi connectivity index (χ0) is 26.6. The molecule has 2 aromatic carbocycles. The minimum Gasteiger partial charge on any atom is -0.506 e. The summed E-state index contributed by atoms with van der Waals surface area (Å²) in [6, 6.07) is 13.0. The lowest BCUT2D eigenvalue weighted by Gasteiger charge is -2.57. The Balaban J connectivity index is 1.19. The number of rotatable bonds is 5. The van der Waals surface area contributed by atoms with E-state index in [1.165, 1.54) is 74.7 Å². The van der Waals surface area contributed by atoms with Crippen LogP contribution in [0.25, 0.3) is 0 Å². The van der Waals surface area contributed by atoms with Crippen molar-refractivity contribution in [3.63, 3.8) is 0 Å². The van der Waals surface area contributed by atoms with Crippen molar-refractivity contribution in [1.82, 2.24) is 4.90 Å². The number of likely N-dealkylation sites (tertiary alicyclic amines) is 1. The van der Waals surface area contributed by atoms with Crippen molar-refractivity contribution >= 4 is 11.6 Å². The van der Waals surface area contributed by atoms with Crippen molar-refractivity contribution in [2.75, 3.05) is 32.8 Å². The van der Waals surface area contributed by atoms with Crippen LogP contribution in [0.2, 0.25) is 5.02 Å². The highest BCUT2D eigenvalue weighted by molar-refractivity contribution is 6.32. The third-order valence-corrected chi connectivity index (χ3v) is 12.1. The molecule has 4 nitrogen and oxygen atoms in total. The van der Waals surface area contributed by atoms with Crippen LogP contribution in [0.15, 0.2) is 36.4 Å².